The van der Waals surface area contributed by atoms with Crippen LogP contribution in [0.5, 0.6) is 0 Å². The molecule has 1 aliphatic heterocycles. The van der Waals surface area contributed by atoms with Crippen LogP contribution in [0.4, 0.5) is 0 Å². The maximum atomic E-state index is 3.88. The Labute approximate surface area is 81.4 Å². The molecule has 0 saturated carbocycles. The van der Waals surface area contributed by atoms with E-state index in [0.29, 0.717) is 0 Å². The van der Waals surface area contributed by atoms with Crippen molar-refractivity contribution in [3.8, 4) is 0 Å². The summed E-state index contributed by atoms with van der Waals surface area (Å²) in [6.45, 7) is 11.6. The molecule has 0 amide bonds. The van der Waals surface area contributed by atoms with Gasteiger partial charge in [0.25, 0.3) is 0 Å². The quantitative estimate of drug-likeness (QED) is 0.647. The van der Waals surface area contributed by atoms with E-state index in [0.717, 1.165) is 26.1 Å². The van der Waals surface area contributed by atoms with Gasteiger partial charge >= 0.3 is 0 Å². The molecule has 0 aliphatic carbocycles. The van der Waals surface area contributed by atoms with Gasteiger partial charge in [-0.1, -0.05) is 5.57 Å². The van der Waals surface area contributed by atoms with Crippen molar-refractivity contribution < 1.29 is 0 Å². The molecule has 76 valence electrons. The summed E-state index contributed by atoms with van der Waals surface area (Å²) in [5.41, 5.74) is 4.67. The zero-order chi connectivity index (χ0) is 9.68. The van der Waals surface area contributed by atoms with Crippen molar-refractivity contribution in [2.45, 2.75) is 13.3 Å². The van der Waals surface area contributed by atoms with E-state index in [-0.39, 0.29) is 0 Å². The zero-order valence-corrected chi connectivity index (χ0v) is 8.84. The lowest BCUT2D eigenvalue weighted by Gasteiger charge is -2.32. The van der Waals surface area contributed by atoms with Gasteiger partial charge in [-0.25, -0.2) is 5.01 Å². The van der Waals surface area contributed by atoms with Crippen LogP contribution in [0.2, 0.25) is 0 Å². The number of hydrazine groups is 1. The molecule has 1 rings (SSSR count). The van der Waals surface area contributed by atoms with Crippen molar-refractivity contribution in [2.75, 3.05) is 39.8 Å². The highest BCUT2D eigenvalue weighted by molar-refractivity contribution is 4.88. The molecule has 1 aliphatic rings. The molecule has 1 N–H and O–H groups in total. The number of piperazine rings is 1. The first kappa shape index (κ1) is 10.7. The fourth-order valence-corrected chi connectivity index (χ4v) is 1.39. The van der Waals surface area contributed by atoms with Crippen molar-refractivity contribution in [2.24, 2.45) is 0 Å². The van der Waals surface area contributed by atoms with E-state index in [9.17, 15) is 0 Å². The van der Waals surface area contributed by atoms with Crippen molar-refractivity contribution in [1.29, 1.82) is 0 Å². The van der Waals surface area contributed by atoms with Crippen LogP contribution < -0.4 is 5.43 Å². The minimum atomic E-state index is 1.03. The van der Waals surface area contributed by atoms with Crippen molar-refractivity contribution in [1.82, 2.24) is 15.3 Å². The van der Waals surface area contributed by atoms with Gasteiger partial charge in [-0.3, -0.25) is 5.43 Å². The summed E-state index contributed by atoms with van der Waals surface area (Å²) in [4.78, 5) is 2.36. The molecule has 3 nitrogen and oxygen atoms in total. The molecule has 1 saturated heterocycles. The van der Waals surface area contributed by atoms with Gasteiger partial charge in [-0.15, -0.1) is 6.58 Å². The molecule has 0 radical (unpaired) electrons. The molecule has 0 unspecified atom stereocenters. The second kappa shape index (κ2) is 5.37. The predicted octanol–water partition coefficient (Wildman–Crippen LogP) is 0.705. The Morgan fingerprint density at radius 2 is 1.92 bits per heavy atom. The highest BCUT2D eigenvalue weighted by atomic mass is 15.5. The molecule has 3 heteroatoms. The number of rotatable bonds is 4. The molecule has 0 spiro atoms. The van der Waals surface area contributed by atoms with Crippen molar-refractivity contribution in [3.05, 3.63) is 12.2 Å². The van der Waals surface area contributed by atoms with Gasteiger partial charge in [0.05, 0.1) is 0 Å². The van der Waals surface area contributed by atoms with E-state index in [1.165, 1.54) is 18.7 Å². The van der Waals surface area contributed by atoms with Crippen LogP contribution in [0.3, 0.4) is 0 Å². The normalized spacial score (nSPS) is 20.5. The molecule has 1 heterocycles. The lowest BCUT2D eigenvalue weighted by Crippen LogP contribution is -2.50. The molecule has 1 fully saturated rings. The second-order valence-electron chi connectivity index (χ2n) is 3.91. The Bertz CT molecular complexity index is 160. The number of nitrogens with one attached hydrogen (secondary N) is 1. The highest BCUT2D eigenvalue weighted by Gasteiger charge is 2.12. The van der Waals surface area contributed by atoms with E-state index in [1.54, 1.807) is 0 Å². The number of hydrogen-bond acceptors (Lipinski definition) is 3. The van der Waals surface area contributed by atoms with E-state index < -0.39 is 0 Å². The van der Waals surface area contributed by atoms with Gasteiger partial charge in [0, 0.05) is 32.7 Å². The SMILES string of the molecule is C=C(C)CCNN1CCN(C)CC1. The van der Waals surface area contributed by atoms with Gasteiger partial charge in [-0.2, -0.15) is 0 Å². The third-order valence-corrected chi connectivity index (χ3v) is 2.39. The summed E-state index contributed by atoms with van der Waals surface area (Å²) in [6.07, 6.45) is 1.08. The van der Waals surface area contributed by atoms with Crippen LogP contribution in [0.25, 0.3) is 0 Å². The standard InChI is InChI=1S/C10H21N3/c1-10(2)4-5-11-13-8-6-12(3)7-9-13/h11H,1,4-9H2,2-3H3. The van der Waals surface area contributed by atoms with Crippen LogP contribution in [0.1, 0.15) is 13.3 Å². The number of hydrogen-bond donors (Lipinski definition) is 1. The maximum Gasteiger partial charge on any atom is 0.0259 e. The Hall–Kier alpha value is -0.380. The van der Waals surface area contributed by atoms with E-state index in [2.05, 4.69) is 35.9 Å². The molecule has 0 aromatic rings. The van der Waals surface area contributed by atoms with Crippen LogP contribution in [-0.2, 0) is 0 Å². The smallest absolute Gasteiger partial charge is 0.0259 e. The summed E-state index contributed by atoms with van der Waals surface area (Å²) < 4.78 is 0. The van der Waals surface area contributed by atoms with E-state index in [4.69, 9.17) is 0 Å². The lowest BCUT2D eigenvalue weighted by molar-refractivity contribution is 0.105. The topological polar surface area (TPSA) is 18.5 Å². The van der Waals surface area contributed by atoms with Crippen molar-refractivity contribution >= 4 is 0 Å². The third kappa shape index (κ3) is 4.41. The minimum Gasteiger partial charge on any atom is -0.304 e. The summed E-state index contributed by atoms with van der Waals surface area (Å²) >= 11 is 0. The first-order valence-electron chi connectivity index (χ1n) is 5.00. The van der Waals surface area contributed by atoms with E-state index in [1.807, 2.05) is 0 Å². The average molecular weight is 183 g/mol. The largest absolute Gasteiger partial charge is 0.304 e. The van der Waals surface area contributed by atoms with Crippen LogP contribution in [-0.4, -0.2) is 49.7 Å². The summed E-state index contributed by atoms with van der Waals surface area (Å²) in [5, 5.41) is 2.31. The molecule has 0 bridgehead atoms. The third-order valence-electron chi connectivity index (χ3n) is 2.39. The molecule has 0 atom stereocenters. The Morgan fingerprint density at radius 1 is 1.31 bits per heavy atom. The minimum absolute atomic E-state index is 1.03. The highest BCUT2D eigenvalue weighted by Crippen LogP contribution is 1.97. The molecular weight excluding hydrogens is 162 g/mol. The maximum absolute atomic E-state index is 3.88. The average Bonchev–Trinajstić information content (AvgIpc) is 2.08. The Balaban J connectivity index is 2.05. The molecule has 0 aromatic heterocycles. The number of likely N-dealkylation sites (N-methyl/N-ethyl adjacent to an activating group) is 1. The summed E-state index contributed by atoms with van der Waals surface area (Å²) in [7, 11) is 2.17. The van der Waals surface area contributed by atoms with Crippen LogP contribution in [0, 0.1) is 0 Å². The molecular formula is C10H21N3. The van der Waals surface area contributed by atoms with Gasteiger partial charge in [-0.05, 0) is 20.4 Å². The van der Waals surface area contributed by atoms with Gasteiger partial charge < -0.3 is 4.90 Å². The second-order valence-corrected chi connectivity index (χ2v) is 3.91. The monoisotopic (exact) mass is 183 g/mol. The van der Waals surface area contributed by atoms with Crippen LogP contribution >= 0.6 is 0 Å². The number of nitrogens with zero attached hydrogens (tertiary/aromatic N) is 2. The summed E-state index contributed by atoms with van der Waals surface area (Å²) in [5.74, 6) is 0. The fourth-order valence-electron chi connectivity index (χ4n) is 1.39. The van der Waals surface area contributed by atoms with Crippen LogP contribution in [0.15, 0.2) is 12.2 Å². The van der Waals surface area contributed by atoms with Gasteiger partial charge in [0.15, 0.2) is 0 Å². The predicted molar refractivity (Wildman–Crippen MR) is 56.5 cm³/mol. The van der Waals surface area contributed by atoms with Gasteiger partial charge in [0.2, 0.25) is 0 Å². The zero-order valence-electron chi connectivity index (χ0n) is 8.84. The summed E-state index contributed by atoms with van der Waals surface area (Å²) in [6, 6.07) is 0. The van der Waals surface area contributed by atoms with Crippen molar-refractivity contribution in [3.63, 3.8) is 0 Å². The Morgan fingerprint density at radius 3 is 2.46 bits per heavy atom. The van der Waals surface area contributed by atoms with Gasteiger partial charge in [0.1, 0.15) is 0 Å². The first-order valence-corrected chi connectivity index (χ1v) is 5.00. The van der Waals surface area contributed by atoms with E-state index >= 15 is 0 Å². The Kier molecular flexibility index (Phi) is 4.42. The molecule has 13 heavy (non-hydrogen) atoms. The molecule has 0 aromatic carbocycles. The lowest BCUT2D eigenvalue weighted by atomic mass is 10.2. The first-order chi connectivity index (χ1) is 6.18. The fraction of sp³-hybridized carbons (Fsp3) is 0.800.